The van der Waals surface area contributed by atoms with Crippen LogP contribution in [0, 0.1) is 17.1 Å². The third kappa shape index (κ3) is 3.68. The summed E-state index contributed by atoms with van der Waals surface area (Å²) in [4.78, 5) is 15.7. The maximum Gasteiger partial charge on any atom is 0.414 e. The minimum absolute atomic E-state index is 0.200. The fourth-order valence-electron chi connectivity index (χ4n) is 4.29. The van der Waals surface area contributed by atoms with Gasteiger partial charge in [-0.1, -0.05) is 5.21 Å². The van der Waals surface area contributed by atoms with E-state index in [1.807, 2.05) is 11.0 Å². The van der Waals surface area contributed by atoms with Crippen molar-refractivity contribution in [3.8, 4) is 6.07 Å². The number of carbonyl (C=O) groups is 1. The zero-order chi connectivity index (χ0) is 21.4. The highest BCUT2D eigenvalue weighted by molar-refractivity contribution is 5.90. The average Bonchev–Trinajstić information content (AvgIpc) is 3.50. The van der Waals surface area contributed by atoms with E-state index in [0.29, 0.717) is 50.5 Å². The van der Waals surface area contributed by atoms with Gasteiger partial charge in [0.05, 0.1) is 43.9 Å². The topological polar surface area (TPSA) is 106 Å². The molecule has 1 spiro atoms. The number of hydrogen-bond donors (Lipinski definition) is 0. The van der Waals surface area contributed by atoms with Gasteiger partial charge in [-0.2, -0.15) is 5.26 Å². The molecule has 3 aliphatic rings. The molecule has 3 saturated heterocycles. The Hall–Kier alpha value is -3.23. The summed E-state index contributed by atoms with van der Waals surface area (Å²) in [5.41, 5.74) is 1.19. The Morgan fingerprint density at radius 1 is 1.26 bits per heavy atom. The van der Waals surface area contributed by atoms with Gasteiger partial charge in [0.2, 0.25) is 0 Å². The van der Waals surface area contributed by atoms with Gasteiger partial charge in [-0.05, 0) is 18.2 Å². The molecule has 0 saturated carbocycles. The minimum Gasteiger partial charge on any atom is -0.442 e. The van der Waals surface area contributed by atoms with Gasteiger partial charge in [0.25, 0.3) is 0 Å². The second-order valence-electron chi connectivity index (χ2n) is 7.76. The van der Waals surface area contributed by atoms with Crippen LogP contribution in [0.5, 0.6) is 0 Å². The number of carbonyl (C=O) groups excluding carboxylic acids is 1. The monoisotopic (exact) mass is 428 g/mol. The Morgan fingerprint density at radius 3 is 2.74 bits per heavy atom. The normalized spacial score (nSPS) is 22.7. The molecule has 0 aliphatic carbocycles. The maximum absolute atomic E-state index is 14.9. The molecule has 1 amide bonds. The Labute approximate surface area is 177 Å². The molecule has 3 fully saturated rings. The molecule has 1 atom stereocenters. The zero-order valence-corrected chi connectivity index (χ0v) is 16.7. The van der Waals surface area contributed by atoms with Crippen LogP contribution in [0.1, 0.15) is 18.5 Å². The van der Waals surface area contributed by atoms with Gasteiger partial charge in [-0.25, -0.2) is 13.9 Å². The quantitative estimate of drug-likeness (QED) is 0.724. The Kier molecular flexibility index (Phi) is 4.95. The van der Waals surface area contributed by atoms with Crippen molar-refractivity contribution in [2.45, 2.75) is 31.3 Å². The second kappa shape index (κ2) is 7.79. The SMILES string of the molecule is N#Cc1cnnn1C[C@@H]1CN(c2ccc(N3CCC4(CC3)OCCO4)c(F)c2)C(=O)O1. The highest BCUT2D eigenvalue weighted by atomic mass is 19.1. The number of nitriles is 1. The van der Waals surface area contributed by atoms with Crippen LogP contribution in [-0.4, -0.2) is 65.8 Å². The van der Waals surface area contributed by atoms with Crippen LogP contribution in [0.25, 0.3) is 0 Å². The molecule has 2 aromatic rings. The molecule has 5 rings (SSSR count). The number of cyclic esters (lactones) is 1. The molecule has 10 nitrogen and oxygen atoms in total. The molecule has 0 unspecified atom stereocenters. The van der Waals surface area contributed by atoms with Gasteiger partial charge in [0, 0.05) is 25.9 Å². The predicted molar refractivity (Wildman–Crippen MR) is 105 cm³/mol. The third-order valence-corrected chi connectivity index (χ3v) is 5.91. The first-order chi connectivity index (χ1) is 15.1. The lowest BCUT2D eigenvalue weighted by atomic mass is 10.0. The van der Waals surface area contributed by atoms with Crippen LogP contribution in [0.2, 0.25) is 0 Å². The molecule has 31 heavy (non-hydrogen) atoms. The van der Waals surface area contributed by atoms with Gasteiger partial charge in [-0.15, -0.1) is 5.10 Å². The smallest absolute Gasteiger partial charge is 0.414 e. The largest absolute Gasteiger partial charge is 0.442 e. The van der Waals surface area contributed by atoms with Crippen molar-refractivity contribution in [3.05, 3.63) is 35.9 Å². The average molecular weight is 428 g/mol. The summed E-state index contributed by atoms with van der Waals surface area (Å²) in [5.74, 6) is -0.919. The van der Waals surface area contributed by atoms with Crippen molar-refractivity contribution in [2.24, 2.45) is 0 Å². The van der Waals surface area contributed by atoms with E-state index in [1.165, 1.54) is 21.8 Å². The van der Waals surface area contributed by atoms with Crippen LogP contribution in [0.4, 0.5) is 20.6 Å². The van der Waals surface area contributed by atoms with Crippen LogP contribution in [-0.2, 0) is 20.8 Å². The summed E-state index contributed by atoms with van der Waals surface area (Å²) >= 11 is 0. The summed E-state index contributed by atoms with van der Waals surface area (Å²) in [6.07, 6.45) is 1.62. The van der Waals surface area contributed by atoms with Crippen LogP contribution < -0.4 is 9.80 Å². The Morgan fingerprint density at radius 2 is 2.03 bits per heavy atom. The molecular formula is C20H21FN6O4. The number of amides is 1. The number of ether oxygens (including phenoxy) is 3. The maximum atomic E-state index is 14.9. The number of piperidine rings is 1. The van der Waals surface area contributed by atoms with Gasteiger partial charge < -0.3 is 19.1 Å². The highest BCUT2D eigenvalue weighted by Crippen LogP contribution is 2.35. The number of rotatable bonds is 4. The number of anilines is 2. The van der Waals surface area contributed by atoms with E-state index in [1.54, 1.807) is 12.1 Å². The van der Waals surface area contributed by atoms with Crippen molar-refractivity contribution in [2.75, 3.05) is 42.6 Å². The first-order valence-electron chi connectivity index (χ1n) is 10.2. The first kappa shape index (κ1) is 19.7. The molecule has 4 heterocycles. The van der Waals surface area contributed by atoms with Crippen molar-refractivity contribution < 1.29 is 23.4 Å². The molecule has 0 radical (unpaired) electrons. The molecule has 0 bridgehead atoms. The van der Waals surface area contributed by atoms with Crippen molar-refractivity contribution in [1.29, 1.82) is 5.26 Å². The molecule has 162 valence electrons. The predicted octanol–water partition coefficient (Wildman–Crippen LogP) is 1.66. The number of nitrogens with zero attached hydrogens (tertiary/aromatic N) is 6. The molecular weight excluding hydrogens is 407 g/mol. The van der Waals surface area contributed by atoms with E-state index in [9.17, 15) is 9.18 Å². The Bertz CT molecular complexity index is 1020. The van der Waals surface area contributed by atoms with Crippen LogP contribution in [0.15, 0.2) is 24.4 Å². The van der Waals surface area contributed by atoms with Crippen molar-refractivity contribution in [3.63, 3.8) is 0 Å². The van der Waals surface area contributed by atoms with Gasteiger partial charge in [0.1, 0.15) is 18.0 Å². The number of hydrogen-bond acceptors (Lipinski definition) is 8. The fraction of sp³-hybridized carbons (Fsp3) is 0.500. The first-order valence-corrected chi connectivity index (χ1v) is 10.2. The molecule has 11 heteroatoms. The van der Waals surface area contributed by atoms with Gasteiger partial charge in [-0.3, -0.25) is 4.90 Å². The summed E-state index contributed by atoms with van der Waals surface area (Å²) in [7, 11) is 0. The molecule has 1 aromatic heterocycles. The lowest BCUT2D eigenvalue weighted by Crippen LogP contribution is -2.45. The zero-order valence-electron chi connectivity index (χ0n) is 16.7. The third-order valence-electron chi connectivity index (χ3n) is 5.91. The highest BCUT2D eigenvalue weighted by Gasteiger charge is 2.40. The van der Waals surface area contributed by atoms with Gasteiger partial charge >= 0.3 is 6.09 Å². The lowest BCUT2D eigenvalue weighted by Gasteiger charge is -2.38. The fourth-order valence-corrected chi connectivity index (χ4v) is 4.29. The van der Waals surface area contributed by atoms with Crippen LogP contribution in [0.3, 0.4) is 0 Å². The van der Waals surface area contributed by atoms with Crippen molar-refractivity contribution >= 4 is 17.5 Å². The van der Waals surface area contributed by atoms with E-state index < -0.39 is 23.8 Å². The van der Waals surface area contributed by atoms with E-state index in [0.717, 1.165) is 0 Å². The standard InChI is InChI=1S/C20H21FN6O4/c21-17-9-14(1-2-18(17)25-5-3-20(4-6-25)29-7-8-30-20)26-12-16(31-19(26)28)13-27-15(10-22)11-23-24-27/h1-2,9,11,16H,3-8,12-13H2/t16-/m0/s1. The lowest BCUT2D eigenvalue weighted by molar-refractivity contribution is -0.169. The number of benzene rings is 1. The van der Waals surface area contributed by atoms with E-state index in [2.05, 4.69) is 10.3 Å². The Balaban J connectivity index is 1.25. The molecule has 1 aromatic carbocycles. The summed E-state index contributed by atoms with van der Waals surface area (Å²) in [6.45, 7) is 2.89. The van der Waals surface area contributed by atoms with Gasteiger partial charge in [0.15, 0.2) is 11.5 Å². The second-order valence-corrected chi connectivity index (χ2v) is 7.76. The number of aromatic nitrogens is 3. The summed E-state index contributed by atoms with van der Waals surface area (Å²) in [5, 5.41) is 16.6. The van der Waals surface area contributed by atoms with Crippen LogP contribution >= 0.6 is 0 Å². The minimum atomic E-state index is -0.564. The summed E-state index contributed by atoms with van der Waals surface area (Å²) < 4.78 is 33.1. The summed E-state index contributed by atoms with van der Waals surface area (Å²) in [6, 6.07) is 6.73. The van der Waals surface area contributed by atoms with Crippen molar-refractivity contribution in [1.82, 2.24) is 15.0 Å². The number of halogens is 1. The molecule has 3 aliphatic heterocycles. The van der Waals surface area contributed by atoms with E-state index >= 15 is 0 Å². The molecule has 0 N–H and O–H groups in total. The van der Waals surface area contributed by atoms with E-state index in [4.69, 9.17) is 19.5 Å². The van der Waals surface area contributed by atoms with E-state index in [-0.39, 0.29) is 18.8 Å².